The lowest BCUT2D eigenvalue weighted by molar-refractivity contribution is 0.170. The van der Waals surface area contributed by atoms with Crippen molar-refractivity contribution in [2.45, 2.75) is 44.7 Å². The van der Waals surface area contributed by atoms with Crippen LogP contribution in [0.5, 0.6) is 0 Å². The summed E-state index contributed by atoms with van der Waals surface area (Å²) in [4.78, 5) is 2.31. The van der Waals surface area contributed by atoms with Crippen molar-refractivity contribution in [3.8, 4) is 0 Å². The van der Waals surface area contributed by atoms with Crippen LogP contribution in [0.1, 0.15) is 54.6 Å². The van der Waals surface area contributed by atoms with Crippen molar-refractivity contribution in [3.63, 3.8) is 0 Å². The molecule has 0 spiro atoms. The summed E-state index contributed by atoms with van der Waals surface area (Å²) in [6.45, 7) is 3.70. The van der Waals surface area contributed by atoms with Crippen molar-refractivity contribution in [1.29, 1.82) is 0 Å². The van der Waals surface area contributed by atoms with E-state index >= 15 is 0 Å². The third-order valence-electron chi connectivity index (χ3n) is 4.52. The molecule has 110 valence electrons. The van der Waals surface area contributed by atoms with Crippen LogP contribution in [-0.2, 0) is 13.0 Å². The molecule has 2 aromatic rings. The summed E-state index contributed by atoms with van der Waals surface area (Å²) in [6, 6.07) is 5.33. The molecule has 1 aromatic heterocycles. The van der Waals surface area contributed by atoms with Gasteiger partial charge in [0.05, 0.1) is 6.54 Å². The molecule has 0 saturated heterocycles. The molecule has 5 heteroatoms. The largest absolute Gasteiger partial charge is 0.424 e. The number of rotatable bonds is 3. The molecule has 2 heterocycles. The molecule has 1 atom stereocenters. The fourth-order valence-corrected chi connectivity index (χ4v) is 3.07. The molecule has 1 aliphatic carbocycles. The van der Waals surface area contributed by atoms with Crippen molar-refractivity contribution in [1.82, 2.24) is 15.1 Å². The lowest BCUT2D eigenvalue weighted by Gasteiger charge is -2.34. The van der Waals surface area contributed by atoms with E-state index in [9.17, 15) is 4.39 Å². The summed E-state index contributed by atoms with van der Waals surface area (Å²) >= 11 is 0. The van der Waals surface area contributed by atoms with E-state index in [4.69, 9.17) is 4.42 Å². The third kappa shape index (κ3) is 2.46. The second kappa shape index (κ2) is 4.91. The predicted octanol–water partition coefficient (Wildman–Crippen LogP) is 3.21. The molecule has 1 aromatic carbocycles. The van der Waals surface area contributed by atoms with Gasteiger partial charge < -0.3 is 4.42 Å². The molecule has 1 aliphatic heterocycles. The van der Waals surface area contributed by atoms with Crippen molar-refractivity contribution in [2.24, 2.45) is 0 Å². The number of halogens is 1. The van der Waals surface area contributed by atoms with E-state index in [2.05, 4.69) is 22.0 Å². The first kappa shape index (κ1) is 13.0. The van der Waals surface area contributed by atoms with E-state index in [0.29, 0.717) is 18.4 Å². The van der Waals surface area contributed by atoms with Crippen molar-refractivity contribution in [2.75, 3.05) is 6.54 Å². The van der Waals surface area contributed by atoms with Crippen molar-refractivity contribution < 1.29 is 8.81 Å². The first-order chi connectivity index (χ1) is 10.2. The molecular weight excluding hydrogens is 269 g/mol. The first-order valence-electron chi connectivity index (χ1n) is 7.55. The van der Waals surface area contributed by atoms with Gasteiger partial charge in [0.25, 0.3) is 0 Å². The molecule has 0 amide bonds. The molecule has 1 saturated carbocycles. The summed E-state index contributed by atoms with van der Waals surface area (Å²) in [5.74, 6) is 1.82. The van der Waals surface area contributed by atoms with Crippen molar-refractivity contribution in [3.05, 3.63) is 46.9 Å². The molecule has 2 aliphatic rings. The Morgan fingerprint density at radius 1 is 1.33 bits per heavy atom. The topological polar surface area (TPSA) is 42.2 Å². The summed E-state index contributed by atoms with van der Waals surface area (Å²) in [6.07, 6.45) is 3.20. The standard InChI is InChI=1S/C16H18FN3O/c1-10-14-5-4-13(17)8-12(14)6-7-20(10)9-15-18-19-16(21-15)11-2-3-11/h4-5,8,10-11H,2-3,6-7,9H2,1H3. The highest BCUT2D eigenvalue weighted by Crippen LogP contribution is 2.39. The van der Waals surface area contributed by atoms with Crippen LogP contribution in [0.2, 0.25) is 0 Å². The normalized spacial score (nSPS) is 22.3. The van der Waals surface area contributed by atoms with Gasteiger partial charge in [-0.15, -0.1) is 10.2 Å². The van der Waals surface area contributed by atoms with Gasteiger partial charge in [-0.2, -0.15) is 0 Å². The van der Waals surface area contributed by atoms with Crippen LogP contribution in [0.25, 0.3) is 0 Å². The maximum absolute atomic E-state index is 13.3. The van der Waals surface area contributed by atoms with E-state index in [1.165, 1.54) is 24.5 Å². The second-order valence-corrected chi connectivity index (χ2v) is 6.05. The number of hydrogen-bond acceptors (Lipinski definition) is 4. The van der Waals surface area contributed by atoms with Gasteiger partial charge in [-0.3, -0.25) is 4.90 Å². The van der Waals surface area contributed by atoms with E-state index < -0.39 is 0 Å². The zero-order valence-corrected chi connectivity index (χ0v) is 12.1. The quantitative estimate of drug-likeness (QED) is 0.869. The Kier molecular flexibility index (Phi) is 3.03. The lowest BCUT2D eigenvalue weighted by atomic mass is 9.93. The van der Waals surface area contributed by atoms with E-state index in [1.54, 1.807) is 6.07 Å². The number of aromatic nitrogens is 2. The number of benzene rings is 1. The fraction of sp³-hybridized carbons (Fsp3) is 0.500. The minimum absolute atomic E-state index is 0.152. The van der Waals surface area contributed by atoms with Gasteiger partial charge in [-0.05, 0) is 49.4 Å². The number of nitrogens with zero attached hydrogens (tertiary/aromatic N) is 3. The molecule has 1 fully saturated rings. The second-order valence-electron chi connectivity index (χ2n) is 6.05. The predicted molar refractivity (Wildman–Crippen MR) is 75.2 cm³/mol. The monoisotopic (exact) mass is 287 g/mol. The van der Waals surface area contributed by atoms with Crippen LogP contribution in [0.4, 0.5) is 4.39 Å². The summed E-state index contributed by atoms with van der Waals surface area (Å²) in [7, 11) is 0. The molecule has 4 rings (SSSR count). The maximum Gasteiger partial charge on any atom is 0.230 e. The average molecular weight is 287 g/mol. The summed E-state index contributed by atoms with van der Waals surface area (Å²) in [5.41, 5.74) is 2.31. The van der Waals surface area contributed by atoms with E-state index in [-0.39, 0.29) is 11.9 Å². The third-order valence-corrected chi connectivity index (χ3v) is 4.52. The van der Waals surface area contributed by atoms with E-state index in [1.807, 2.05) is 6.07 Å². The van der Waals surface area contributed by atoms with E-state index in [0.717, 1.165) is 24.4 Å². The van der Waals surface area contributed by atoms with Gasteiger partial charge in [-0.1, -0.05) is 6.07 Å². The molecule has 1 unspecified atom stereocenters. The minimum Gasteiger partial charge on any atom is -0.424 e. The van der Waals surface area contributed by atoms with Gasteiger partial charge in [0.1, 0.15) is 5.82 Å². The van der Waals surface area contributed by atoms with Crippen LogP contribution >= 0.6 is 0 Å². The van der Waals surface area contributed by atoms with Gasteiger partial charge in [0.15, 0.2) is 0 Å². The Labute approximate surface area is 123 Å². The van der Waals surface area contributed by atoms with Crippen molar-refractivity contribution >= 4 is 0 Å². The molecule has 0 bridgehead atoms. The Hall–Kier alpha value is -1.75. The fourth-order valence-electron chi connectivity index (χ4n) is 3.07. The smallest absolute Gasteiger partial charge is 0.230 e. The van der Waals surface area contributed by atoms with Crippen LogP contribution in [0.15, 0.2) is 22.6 Å². The number of hydrogen-bond donors (Lipinski definition) is 0. The highest BCUT2D eigenvalue weighted by molar-refractivity contribution is 5.32. The summed E-state index contributed by atoms with van der Waals surface area (Å²) in [5, 5.41) is 8.29. The highest BCUT2D eigenvalue weighted by Gasteiger charge is 2.30. The Balaban J connectivity index is 1.51. The Morgan fingerprint density at radius 2 is 2.19 bits per heavy atom. The molecule has 0 N–H and O–H groups in total. The Morgan fingerprint density at radius 3 is 3.00 bits per heavy atom. The molecule has 4 nitrogen and oxygen atoms in total. The zero-order chi connectivity index (χ0) is 14.4. The van der Waals surface area contributed by atoms with Gasteiger partial charge in [-0.25, -0.2) is 4.39 Å². The van der Waals surface area contributed by atoms with Gasteiger partial charge in [0, 0.05) is 18.5 Å². The zero-order valence-electron chi connectivity index (χ0n) is 12.1. The first-order valence-corrected chi connectivity index (χ1v) is 7.55. The van der Waals surface area contributed by atoms with Crippen LogP contribution < -0.4 is 0 Å². The molecule has 0 radical (unpaired) electrons. The summed E-state index contributed by atoms with van der Waals surface area (Å²) < 4.78 is 19.0. The molecular formula is C16H18FN3O. The van der Waals surface area contributed by atoms with Gasteiger partial charge in [0.2, 0.25) is 11.8 Å². The lowest BCUT2D eigenvalue weighted by Crippen LogP contribution is -2.33. The number of fused-ring (bicyclic) bond motifs is 1. The average Bonchev–Trinajstić information content (AvgIpc) is 3.22. The highest BCUT2D eigenvalue weighted by atomic mass is 19.1. The van der Waals surface area contributed by atoms with Crippen LogP contribution in [0.3, 0.4) is 0 Å². The molecule has 21 heavy (non-hydrogen) atoms. The maximum atomic E-state index is 13.3. The minimum atomic E-state index is -0.152. The Bertz CT molecular complexity index is 665. The SMILES string of the molecule is CC1c2ccc(F)cc2CCN1Cc1nnc(C2CC2)o1. The van der Waals surface area contributed by atoms with Crippen LogP contribution in [-0.4, -0.2) is 21.6 Å². The van der Waals surface area contributed by atoms with Crippen LogP contribution in [0, 0.1) is 5.82 Å². The van der Waals surface area contributed by atoms with Gasteiger partial charge >= 0.3 is 0 Å².